The number of fused-ring (bicyclic) bond motifs is 1. The number of hydrogen-bond acceptors (Lipinski definition) is 6. The van der Waals surface area contributed by atoms with E-state index in [1.54, 1.807) is 12.5 Å². The van der Waals surface area contributed by atoms with Crippen LogP contribution in [0.5, 0.6) is 0 Å². The van der Waals surface area contributed by atoms with Gasteiger partial charge in [0.15, 0.2) is 5.82 Å². The predicted molar refractivity (Wildman–Crippen MR) is 105 cm³/mol. The number of nitriles is 2. The molecular weight excluding hydrogens is 352 g/mol. The second kappa shape index (κ2) is 7.01. The van der Waals surface area contributed by atoms with E-state index in [2.05, 4.69) is 42.6 Å². The van der Waals surface area contributed by atoms with Gasteiger partial charge in [-0.3, -0.25) is 10.1 Å². The molecule has 28 heavy (non-hydrogen) atoms. The minimum Gasteiger partial charge on any atom is -0.362 e. The smallest absolute Gasteiger partial charge is 0.156 e. The van der Waals surface area contributed by atoms with Crippen LogP contribution in [0.2, 0.25) is 0 Å². The summed E-state index contributed by atoms with van der Waals surface area (Å²) in [5.41, 5.74) is 4.66. The van der Waals surface area contributed by atoms with Gasteiger partial charge in [0.2, 0.25) is 0 Å². The topological polar surface area (TPSA) is 129 Å². The summed E-state index contributed by atoms with van der Waals surface area (Å²) in [7, 11) is 0. The number of nitrogens with one attached hydrogen (secondary N) is 3. The third kappa shape index (κ3) is 2.91. The Kier molecular flexibility index (Phi) is 4.38. The molecule has 0 fully saturated rings. The van der Waals surface area contributed by atoms with E-state index in [0.29, 0.717) is 23.6 Å². The van der Waals surface area contributed by atoms with Gasteiger partial charge in [-0.25, -0.2) is 4.98 Å². The molecule has 0 radical (unpaired) electrons. The van der Waals surface area contributed by atoms with Crippen LogP contribution in [0, 0.1) is 28.6 Å². The average molecular weight is 370 g/mol. The van der Waals surface area contributed by atoms with E-state index in [4.69, 9.17) is 0 Å². The molecule has 2 unspecified atom stereocenters. The van der Waals surface area contributed by atoms with E-state index in [-0.39, 0.29) is 5.92 Å². The highest BCUT2D eigenvalue weighted by molar-refractivity contribution is 5.93. The number of benzene rings is 1. The fourth-order valence-electron chi connectivity index (χ4n) is 3.62. The van der Waals surface area contributed by atoms with Crippen LogP contribution in [-0.2, 0) is 6.54 Å². The van der Waals surface area contributed by atoms with Crippen LogP contribution in [-0.4, -0.2) is 25.9 Å². The molecule has 8 nitrogen and oxygen atoms in total. The number of imidazole rings is 1. The molecule has 3 heterocycles. The van der Waals surface area contributed by atoms with Crippen LogP contribution < -0.4 is 5.32 Å². The summed E-state index contributed by atoms with van der Waals surface area (Å²) in [5, 5.41) is 31.0. The molecule has 3 N–H and O–H groups in total. The molecular formula is C20H18N8. The van der Waals surface area contributed by atoms with Crippen molar-refractivity contribution in [1.82, 2.24) is 20.2 Å². The van der Waals surface area contributed by atoms with Gasteiger partial charge in [-0.2, -0.15) is 15.6 Å². The van der Waals surface area contributed by atoms with Crippen LogP contribution in [0.1, 0.15) is 31.0 Å². The molecule has 138 valence electrons. The van der Waals surface area contributed by atoms with Crippen LogP contribution in [0.4, 0.5) is 5.82 Å². The first kappa shape index (κ1) is 17.5. The van der Waals surface area contributed by atoms with E-state index in [0.717, 1.165) is 27.9 Å². The minimum absolute atomic E-state index is 0.341. The molecule has 1 aromatic carbocycles. The van der Waals surface area contributed by atoms with Gasteiger partial charge in [0.05, 0.1) is 53.4 Å². The first-order chi connectivity index (χ1) is 13.6. The molecule has 0 saturated carbocycles. The molecule has 0 saturated heterocycles. The Morgan fingerprint density at radius 2 is 2.11 bits per heavy atom. The monoisotopic (exact) mass is 370 g/mol. The Balaban J connectivity index is 1.74. The maximum Gasteiger partial charge on any atom is 0.156 e. The quantitative estimate of drug-likeness (QED) is 0.648. The Labute approximate surface area is 161 Å². The lowest BCUT2D eigenvalue weighted by atomic mass is 9.76. The summed E-state index contributed by atoms with van der Waals surface area (Å²) in [4.78, 5) is 11.5. The zero-order valence-corrected chi connectivity index (χ0v) is 15.5. The standard InChI is InChI=1S/C20H18N8/c1-11-16(6-21)19(17(7-22)12(2)26-11)13-3-4-18-15(5-13)20(28-27-18)24-9-14-8-23-10-25-14/h3-5,8,10,16,19H,9H2,1-2H3,(H,23,25)(H2,24,27,28). The van der Waals surface area contributed by atoms with Crippen molar-refractivity contribution in [2.24, 2.45) is 10.9 Å². The summed E-state index contributed by atoms with van der Waals surface area (Å²) in [6, 6.07) is 10.4. The van der Waals surface area contributed by atoms with Crippen molar-refractivity contribution in [3.63, 3.8) is 0 Å². The third-order valence-corrected chi connectivity index (χ3v) is 5.03. The van der Waals surface area contributed by atoms with Crippen LogP contribution in [0.3, 0.4) is 0 Å². The van der Waals surface area contributed by atoms with E-state index in [1.807, 2.05) is 32.0 Å². The van der Waals surface area contributed by atoms with Crippen molar-refractivity contribution in [3.05, 3.63) is 53.3 Å². The predicted octanol–water partition coefficient (Wildman–Crippen LogP) is 3.39. The zero-order chi connectivity index (χ0) is 19.7. The second-order valence-electron chi connectivity index (χ2n) is 6.76. The third-order valence-electron chi connectivity index (χ3n) is 5.03. The van der Waals surface area contributed by atoms with Crippen molar-refractivity contribution < 1.29 is 0 Å². The number of aromatic nitrogens is 4. The first-order valence-corrected chi connectivity index (χ1v) is 8.87. The van der Waals surface area contributed by atoms with Crippen molar-refractivity contribution >= 4 is 22.4 Å². The summed E-state index contributed by atoms with van der Waals surface area (Å²) >= 11 is 0. The minimum atomic E-state index is -0.468. The molecule has 0 amide bonds. The largest absolute Gasteiger partial charge is 0.362 e. The molecule has 4 rings (SSSR count). The maximum absolute atomic E-state index is 9.71. The van der Waals surface area contributed by atoms with Gasteiger partial charge < -0.3 is 10.3 Å². The molecule has 2 atom stereocenters. The molecule has 2 aromatic heterocycles. The SMILES string of the molecule is CC1=NC(C)=C(C#N)C(c2ccc3[nH]nc(NCc4cnc[nH]4)c3c2)C1C#N. The van der Waals surface area contributed by atoms with Crippen LogP contribution in [0.15, 0.2) is 47.0 Å². The van der Waals surface area contributed by atoms with Crippen molar-refractivity contribution in [2.75, 3.05) is 5.32 Å². The maximum atomic E-state index is 9.71. The highest BCUT2D eigenvalue weighted by Crippen LogP contribution is 2.39. The van der Waals surface area contributed by atoms with Gasteiger partial charge in [0.1, 0.15) is 0 Å². The molecule has 8 heteroatoms. The van der Waals surface area contributed by atoms with E-state index in [1.165, 1.54) is 0 Å². The highest BCUT2D eigenvalue weighted by Gasteiger charge is 2.34. The van der Waals surface area contributed by atoms with E-state index in [9.17, 15) is 10.5 Å². The fraction of sp³-hybridized carbons (Fsp3) is 0.250. The van der Waals surface area contributed by atoms with Crippen LogP contribution in [0.25, 0.3) is 10.9 Å². The summed E-state index contributed by atoms with van der Waals surface area (Å²) in [6.07, 6.45) is 3.38. The molecule has 1 aliphatic heterocycles. The van der Waals surface area contributed by atoms with Crippen molar-refractivity contribution in [2.45, 2.75) is 26.3 Å². The number of H-pyrrole nitrogens is 2. The highest BCUT2D eigenvalue weighted by atomic mass is 15.2. The Hall–Kier alpha value is -3.91. The molecule has 0 bridgehead atoms. The first-order valence-electron chi connectivity index (χ1n) is 8.87. The van der Waals surface area contributed by atoms with Crippen molar-refractivity contribution in [3.8, 4) is 12.1 Å². The normalized spacial score (nSPS) is 19.2. The Morgan fingerprint density at radius 3 is 2.82 bits per heavy atom. The fourth-order valence-corrected chi connectivity index (χ4v) is 3.62. The number of aromatic amines is 2. The lowest BCUT2D eigenvalue weighted by molar-refractivity contribution is 0.704. The number of allylic oxidation sites excluding steroid dienone is 2. The van der Waals surface area contributed by atoms with Crippen molar-refractivity contribution in [1.29, 1.82) is 10.5 Å². The molecule has 3 aromatic rings. The number of aliphatic imine (C=N–C) groups is 1. The van der Waals surface area contributed by atoms with Crippen LogP contribution >= 0.6 is 0 Å². The number of hydrogen-bond donors (Lipinski definition) is 3. The lowest BCUT2D eigenvalue weighted by Crippen LogP contribution is -2.24. The molecule has 0 spiro atoms. The second-order valence-corrected chi connectivity index (χ2v) is 6.76. The molecule has 1 aliphatic rings. The van der Waals surface area contributed by atoms with Gasteiger partial charge in [-0.15, -0.1) is 0 Å². The number of rotatable bonds is 4. The van der Waals surface area contributed by atoms with Gasteiger partial charge in [-0.1, -0.05) is 6.07 Å². The van der Waals surface area contributed by atoms with Gasteiger partial charge in [0, 0.05) is 23.2 Å². The summed E-state index contributed by atoms with van der Waals surface area (Å²) in [6.45, 7) is 4.21. The Bertz CT molecular complexity index is 1170. The van der Waals surface area contributed by atoms with Gasteiger partial charge >= 0.3 is 0 Å². The van der Waals surface area contributed by atoms with E-state index >= 15 is 0 Å². The van der Waals surface area contributed by atoms with Gasteiger partial charge in [-0.05, 0) is 31.5 Å². The molecule has 0 aliphatic carbocycles. The Morgan fingerprint density at radius 1 is 1.25 bits per heavy atom. The van der Waals surface area contributed by atoms with E-state index < -0.39 is 5.92 Å². The number of nitrogens with zero attached hydrogens (tertiary/aromatic N) is 5. The summed E-state index contributed by atoms with van der Waals surface area (Å²) in [5.74, 6) is -0.100. The average Bonchev–Trinajstić information content (AvgIpc) is 3.35. The van der Waals surface area contributed by atoms with Gasteiger partial charge in [0.25, 0.3) is 0 Å². The number of anilines is 1. The summed E-state index contributed by atoms with van der Waals surface area (Å²) < 4.78 is 0. The lowest BCUT2D eigenvalue weighted by Gasteiger charge is -2.26. The zero-order valence-electron chi connectivity index (χ0n) is 15.5.